The second kappa shape index (κ2) is 8.56. The molecule has 1 N–H and O–H groups in total. The van der Waals surface area contributed by atoms with Gasteiger partial charge in [-0.3, -0.25) is 4.79 Å². The highest BCUT2D eigenvalue weighted by atomic mass is 32.1. The lowest BCUT2D eigenvalue weighted by atomic mass is 9.97. The Balaban J connectivity index is 1.74. The number of ether oxygens (including phenoxy) is 2. The van der Waals surface area contributed by atoms with Gasteiger partial charge in [0, 0.05) is 4.88 Å². The fourth-order valence-electron chi connectivity index (χ4n) is 3.65. The average molecular weight is 420 g/mol. The molecule has 2 aromatic heterocycles. The zero-order valence-electron chi connectivity index (χ0n) is 16.7. The average Bonchev–Trinajstić information content (AvgIpc) is 3.15. The van der Waals surface area contributed by atoms with Gasteiger partial charge < -0.3 is 14.5 Å². The van der Waals surface area contributed by atoms with E-state index < -0.39 is 0 Å². The fourth-order valence-corrected chi connectivity index (χ4v) is 4.92. The van der Waals surface area contributed by atoms with Crippen LogP contribution < -0.4 is 15.0 Å². The van der Waals surface area contributed by atoms with Crippen molar-refractivity contribution in [2.75, 3.05) is 13.7 Å². The predicted molar refractivity (Wildman–Crippen MR) is 119 cm³/mol. The number of nitrogens with one attached hydrogen (secondary N) is 1. The van der Waals surface area contributed by atoms with Crippen LogP contribution >= 0.6 is 11.3 Å². The summed E-state index contributed by atoms with van der Waals surface area (Å²) in [7, 11) is 1.56. The van der Waals surface area contributed by atoms with E-state index in [1.807, 2.05) is 6.07 Å². The van der Waals surface area contributed by atoms with Crippen molar-refractivity contribution < 1.29 is 9.47 Å². The first-order valence-corrected chi connectivity index (χ1v) is 10.5. The van der Waals surface area contributed by atoms with Gasteiger partial charge in [0.15, 0.2) is 17.3 Å². The number of hydrogen-bond acceptors (Lipinski definition) is 6. The van der Waals surface area contributed by atoms with Gasteiger partial charge in [0.25, 0.3) is 5.56 Å². The van der Waals surface area contributed by atoms with Crippen molar-refractivity contribution in [2.45, 2.75) is 25.7 Å². The number of nitriles is 1. The summed E-state index contributed by atoms with van der Waals surface area (Å²) in [6, 6.07) is 7.52. The number of rotatable bonds is 6. The van der Waals surface area contributed by atoms with E-state index in [0.29, 0.717) is 28.3 Å². The molecule has 2 heterocycles. The number of thiophene rings is 1. The van der Waals surface area contributed by atoms with Crippen LogP contribution in [0, 0.1) is 11.3 Å². The van der Waals surface area contributed by atoms with Gasteiger partial charge in [0.2, 0.25) is 0 Å². The Hall–Kier alpha value is -3.37. The van der Waals surface area contributed by atoms with E-state index in [2.05, 4.69) is 22.6 Å². The summed E-state index contributed by atoms with van der Waals surface area (Å²) in [5.41, 5.74) is 1.97. The molecule has 0 amide bonds. The number of aromatic nitrogens is 2. The quantitative estimate of drug-likeness (QED) is 0.469. The topological polar surface area (TPSA) is 88.0 Å². The molecule has 7 heteroatoms. The zero-order chi connectivity index (χ0) is 21.1. The van der Waals surface area contributed by atoms with E-state index in [-0.39, 0.29) is 17.0 Å². The molecule has 0 fully saturated rings. The minimum Gasteiger partial charge on any atom is -0.493 e. The van der Waals surface area contributed by atoms with Crippen molar-refractivity contribution in [1.29, 1.82) is 5.26 Å². The van der Waals surface area contributed by atoms with Crippen molar-refractivity contribution in [1.82, 2.24) is 9.97 Å². The number of methoxy groups -OCH3 is 1. The molecule has 0 saturated carbocycles. The molecule has 0 saturated heterocycles. The lowest BCUT2D eigenvalue weighted by molar-refractivity contribution is 0.326. The number of aromatic amines is 1. The normalized spacial score (nSPS) is 13.5. The molecule has 1 aliphatic carbocycles. The summed E-state index contributed by atoms with van der Waals surface area (Å²) in [6.45, 7) is 4.00. The van der Waals surface area contributed by atoms with Crippen molar-refractivity contribution in [2.24, 2.45) is 0 Å². The predicted octanol–water partition coefficient (Wildman–Crippen LogP) is 4.50. The molecule has 0 spiro atoms. The Morgan fingerprint density at radius 3 is 2.97 bits per heavy atom. The smallest absolute Gasteiger partial charge is 0.260 e. The molecule has 1 aromatic carbocycles. The first-order valence-electron chi connectivity index (χ1n) is 9.73. The summed E-state index contributed by atoms with van der Waals surface area (Å²) in [4.78, 5) is 22.1. The third kappa shape index (κ3) is 3.74. The molecule has 3 aromatic rings. The zero-order valence-corrected chi connectivity index (χ0v) is 17.5. The molecule has 0 atom stereocenters. The summed E-state index contributed by atoms with van der Waals surface area (Å²) in [5, 5.41) is 10.4. The molecule has 4 rings (SSSR count). The van der Waals surface area contributed by atoms with Gasteiger partial charge in [0.1, 0.15) is 17.5 Å². The second-order valence-corrected chi connectivity index (χ2v) is 8.07. The minimum absolute atomic E-state index is 0.179. The van der Waals surface area contributed by atoms with E-state index in [1.165, 1.54) is 4.88 Å². The molecular weight excluding hydrogens is 398 g/mol. The van der Waals surface area contributed by atoms with Gasteiger partial charge >= 0.3 is 0 Å². The molecule has 30 heavy (non-hydrogen) atoms. The van der Waals surface area contributed by atoms with Gasteiger partial charge in [-0.15, -0.1) is 11.3 Å². The van der Waals surface area contributed by atoms with Crippen LogP contribution in [0.1, 0.15) is 34.7 Å². The second-order valence-electron chi connectivity index (χ2n) is 6.99. The maximum atomic E-state index is 12.8. The van der Waals surface area contributed by atoms with E-state index in [1.54, 1.807) is 42.7 Å². The van der Waals surface area contributed by atoms with Gasteiger partial charge in [-0.2, -0.15) is 5.26 Å². The third-order valence-electron chi connectivity index (χ3n) is 5.06. The SMILES string of the molecule is C=CCOc1ccc(/C=C(\C#N)c2nc3sc4c(c3c(=O)[nH]2)CCCC4)cc1OC. The lowest BCUT2D eigenvalue weighted by Crippen LogP contribution is -2.12. The molecule has 6 nitrogen and oxygen atoms in total. The fraction of sp³-hybridized carbons (Fsp3) is 0.261. The molecule has 0 unspecified atom stereocenters. The van der Waals surface area contributed by atoms with E-state index in [4.69, 9.17) is 9.47 Å². The lowest BCUT2D eigenvalue weighted by Gasteiger charge is -2.10. The molecule has 1 aliphatic rings. The highest BCUT2D eigenvalue weighted by molar-refractivity contribution is 7.18. The van der Waals surface area contributed by atoms with Gasteiger partial charge in [-0.1, -0.05) is 18.7 Å². The van der Waals surface area contributed by atoms with Crippen molar-refractivity contribution in [3.8, 4) is 17.6 Å². The number of H-pyrrole nitrogens is 1. The number of benzene rings is 1. The number of aryl methyl sites for hydroxylation is 2. The maximum absolute atomic E-state index is 12.8. The van der Waals surface area contributed by atoms with Crippen molar-refractivity contribution in [3.05, 3.63) is 63.0 Å². The van der Waals surface area contributed by atoms with Crippen LogP contribution in [-0.2, 0) is 12.8 Å². The van der Waals surface area contributed by atoms with Crippen LogP contribution in [0.3, 0.4) is 0 Å². The van der Waals surface area contributed by atoms with Crippen LogP contribution in [0.15, 0.2) is 35.6 Å². The monoisotopic (exact) mass is 419 g/mol. The van der Waals surface area contributed by atoms with E-state index in [9.17, 15) is 10.1 Å². The first kappa shape index (κ1) is 19.9. The first-order chi connectivity index (χ1) is 14.6. The summed E-state index contributed by atoms with van der Waals surface area (Å²) >= 11 is 1.57. The number of fused-ring (bicyclic) bond motifs is 3. The number of hydrogen-bond donors (Lipinski definition) is 1. The van der Waals surface area contributed by atoms with Crippen LogP contribution in [0.5, 0.6) is 11.5 Å². The van der Waals surface area contributed by atoms with E-state index in [0.717, 1.165) is 36.8 Å². The molecule has 0 aliphatic heterocycles. The van der Waals surface area contributed by atoms with Crippen molar-refractivity contribution >= 4 is 33.2 Å². The third-order valence-corrected chi connectivity index (χ3v) is 6.24. The Bertz CT molecular complexity index is 1250. The van der Waals surface area contributed by atoms with Crippen LogP contribution in [0.4, 0.5) is 0 Å². The number of allylic oxidation sites excluding steroid dienone is 1. The maximum Gasteiger partial charge on any atom is 0.260 e. The number of nitrogens with zero attached hydrogens (tertiary/aromatic N) is 2. The van der Waals surface area contributed by atoms with Gasteiger partial charge in [-0.05, 0) is 55.0 Å². The Morgan fingerprint density at radius 1 is 1.37 bits per heavy atom. The van der Waals surface area contributed by atoms with Gasteiger partial charge in [-0.25, -0.2) is 4.98 Å². The summed E-state index contributed by atoms with van der Waals surface area (Å²) in [6.07, 6.45) is 7.48. The molecular formula is C23H21N3O3S. The Morgan fingerprint density at radius 2 is 2.20 bits per heavy atom. The highest BCUT2D eigenvalue weighted by Crippen LogP contribution is 2.34. The molecule has 0 bridgehead atoms. The summed E-state index contributed by atoms with van der Waals surface area (Å²) < 4.78 is 10.9. The van der Waals surface area contributed by atoms with Crippen molar-refractivity contribution in [3.63, 3.8) is 0 Å². The Kier molecular flexibility index (Phi) is 5.68. The summed E-state index contributed by atoms with van der Waals surface area (Å²) in [5.74, 6) is 1.41. The minimum atomic E-state index is -0.179. The Labute approximate surface area is 178 Å². The van der Waals surface area contributed by atoms with E-state index >= 15 is 0 Å². The molecule has 0 radical (unpaired) electrons. The van der Waals surface area contributed by atoms with Gasteiger partial charge in [0.05, 0.1) is 18.1 Å². The largest absolute Gasteiger partial charge is 0.493 e. The highest BCUT2D eigenvalue weighted by Gasteiger charge is 2.20. The molecule has 152 valence electrons. The standard InChI is InChI=1S/C23H21N3O3S/c1-3-10-29-17-9-8-14(12-18(17)28-2)11-15(13-24)21-25-22(27)20-16-6-4-5-7-19(16)30-23(20)26-21/h3,8-9,11-12H,1,4-7,10H2,2H3,(H,25,26,27)/b15-11+. The van der Waals surface area contributed by atoms with Crippen LogP contribution in [-0.4, -0.2) is 23.7 Å². The van der Waals surface area contributed by atoms with Crippen LogP contribution in [0.25, 0.3) is 21.9 Å². The van der Waals surface area contributed by atoms with Crippen LogP contribution in [0.2, 0.25) is 0 Å².